The van der Waals surface area contributed by atoms with Gasteiger partial charge in [-0.15, -0.1) is 11.3 Å². The molecule has 1 aliphatic heterocycles. The van der Waals surface area contributed by atoms with Crippen LogP contribution in [0.15, 0.2) is 35.7 Å². The van der Waals surface area contributed by atoms with Gasteiger partial charge in [-0.3, -0.25) is 14.9 Å². The fraction of sp³-hybridized carbons (Fsp3) is 0.353. The lowest BCUT2D eigenvalue weighted by atomic mass is 10.1. The summed E-state index contributed by atoms with van der Waals surface area (Å²) < 4.78 is 0. The van der Waals surface area contributed by atoms with Crippen molar-refractivity contribution in [1.29, 1.82) is 0 Å². The third-order valence-electron chi connectivity index (χ3n) is 4.50. The van der Waals surface area contributed by atoms with Gasteiger partial charge in [-0.05, 0) is 23.6 Å². The van der Waals surface area contributed by atoms with E-state index in [1.54, 1.807) is 11.3 Å². The molecule has 25 heavy (non-hydrogen) atoms. The SMILES string of the molecule is O=C(NC[C@@H](c1cccs1)[NH+]1CCCC1)c1ccc(Cl)c([N+](=O)[O-])c1. The average Bonchev–Trinajstić information content (AvgIpc) is 3.29. The van der Waals surface area contributed by atoms with E-state index in [0.717, 1.165) is 13.1 Å². The van der Waals surface area contributed by atoms with Crippen LogP contribution in [0, 0.1) is 10.1 Å². The van der Waals surface area contributed by atoms with E-state index in [-0.39, 0.29) is 28.2 Å². The molecule has 0 saturated carbocycles. The van der Waals surface area contributed by atoms with E-state index < -0.39 is 4.92 Å². The van der Waals surface area contributed by atoms with E-state index in [4.69, 9.17) is 11.6 Å². The molecule has 3 rings (SSSR count). The van der Waals surface area contributed by atoms with Crippen molar-refractivity contribution in [3.05, 3.63) is 61.3 Å². The number of nitro benzene ring substituents is 1. The molecule has 2 N–H and O–H groups in total. The van der Waals surface area contributed by atoms with E-state index in [1.807, 2.05) is 11.4 Å². The van der Waals surface area contributed by atoms with E-state index in [1.165, 1.54) is 40.8 Å². The smallest absolute Gasteiger partial charge is 0.288 e. The summed E-state index contributed by atoms with van der Waals surface area (Å²) in [4.78, 5) is 25.6. The Morgan fingerprint density at radius 2 is 2.12 bits per heavy atom. The maximum absolute atomic E-state index is 12.4. The minimum absolute atomic E-state index is 0.0273. The molecule has 132 valence electrons. The van der Waals surface area contributed by atoms with Gasteiger partial charge in [0.1, 0.15) is 11.1 Å². The molecule has 2 aromatic rings. The van der Waals surface area contributed by atoms with Crippen LogP contribution < -0.4 is 10.2 Å². The van der Waals surface area contributed by atoms with Crippen molar-refractivity contribution >= 4 is 34.5 Å². The Hall–Kier alpha value is -1.96. The number of likely N-dealkylation sites (tertiary alicyclic amines) is 1. The lowest BCUT2D eigenvalue weighted by molar-refractivity contribution is -0.918. The molecule has 8 heteroatoms. The van der Waals surface area contributed by atoms with Gasteiger partial charge in [0.15, 0.2) is 0 Å². The summed E-state index contributed by atoms with van der Waals surface area (Å²) in [6.07, 6.45) is 2.41. The van der Waals surface area contributed by atoms with Crippen LogP contribution in [0.4, 0.5) is 5.69 Å². The van der Waals surface area contributed by atoms with E-state index >= 15 is 0 Å². The number of nitrogens with zero attached hydrogens (tertiary/aromatic N) is 1. The minimum Gasteiger partial charge on any atom is -0.346 e. The van der Waals surface area contributed by atoms with Gasteiger partial charge >= 0.3 is 0 Å². The zero-order chi connectivity index (χ0) is 17.8. The summed E-state index contributed by atoms with van der Waals surface area (Å²) >= 11 is 7.50. The highest BCUT2D eigenvalue weighted by Crippen LogP contribution is 2.25. The van der Waals surface area contributed by atoms with Crippen LogP contribution in [0.2, 0.25) is 5.02 Å². The second kappa shape index (κ2) is 7.95. The van der Waals surface area contributed by atoms with Gasteiger partial charge < -0.3 is 10.2 Å². The number of nitro groups is 1. The van der Waals surface area contributed by atoms with Gasteiger partial charge in [0.25, 0.3) is 11.6 Å². The topological polar surface area (TPSA) is 76.7 Å². The lowest BCUT2D eigenvalue weighted by Crippen LogP contribution is -3.11. The van der Waals surface area contributed by atoms with Crippen LogP contribution in [0.3, 0.4) is 0 Å². The Balaban J connectivity index is 1.71. The van der Waals surface area contributed by atoms with Crippen molar-refractivity contribution in [2.75, 3.05) is 19.6 Å². The fourth-order valence-corrected chi connectivity index (χ4v) is 4.28. The molecule has 1 fully saturated rings. The van der Waals surface area contributed by atoms with Crippen LogP contribution in [0.25, 0.3) is 0 Å². The zero-order valence-electron chi connectivity index (χ0n) is 13.5. The first-order chi connectivity index (χ1) is 12.1. The number of benzene rings is 1. The van der Waals surface area contributed by atoms with Crippen molar-refractivity contribution in [3.63, 3.8) is 0 Å². The molecule has 1 aromatic carbocycles. The number of rotatable bonds is 6. The third-order valence-corrected chi connectivity index (χ3v) is 5.80. The Bertz CT molecular complexity index is 761. The van der Waals surface area contributed by atoms with Crippen molar-refractivity contribution < 1.29 is 14.6 Å². The van der Waals surface area contributed by atoms with Crippen molar-refractivity contribution in [2.45, 2.75) is 18.9 Å². The number of hydrogen-bond donors (Lipinski definition) is 2. The van der Waals surface area contributed by atoms with Gasteiger partial charge in [-0.1, -0.05) is 17.7 Å². The number of quaternary nitrogens is 1. The predicted molar refractivity (Wildman–Crippen MR) is 97.4 cm³/mol. The average molecular weight is 381 g/mol. The standard InChI is InChI=1S/C17H18ClN3O3S/c18-13-6-5-12(10-14(13)21(23)24)17(22)19-11-15(16-4-3-9-25-16)20-7-1-2-8-20/h3-6,9-10,15H,1-2,7-8,11H2,(H,19,22)/p+1/t15-/m0/s1. The summed E-state index contributed by atoms with van der Waals surface area (Å²) in [5.74, 6) is -0.320. The van der Waals surface area contributed by atoms with Crippen molar-refractivity contribution in [2.24, 2.45) is 0 Å². The second-order valence-corrected chi connectivity index (χ2v) is 7.45. The fourth-order valence-electron chi connectivity index (χ4n) is 3.20. The predicted octanol–water partition coefficient (Wildman–Crippen LogP) is 2.46. The Morgan fingerprint density at radius 3 is 2.76 bits per heavy atom. The Labute approximate surface area is 154 Å². The molecule has 2 heterocycles. The monoisotopic (exact) mass is 380 g/mol. The number of hydrogen-bond acceptors (Lipinski definition) is 4. The third kappa shape index (κ3) is 4.18. The summed E-state index contributed by atoms with van der Waals surface area (Å²) in [5, 5.41) is 16.0. The molecule has 1 atom stereocenters. The number of amides is 1. The largest absolute Gasteiger partial charge is 0.346 e. The summed E-state index contributed by atoms with van der Waals surface area (Å²) in [5.41, 5.74) is -0.00765. The molecule has 0 bridgehead atoms. The van der Waals surface area contributed by atoms with Crippen molar-refractivity contribution in [1.82, 2.24) is 5.32 Å². The molecule has 1 amide bonds. The highest BCUT2D eigenvalue weighted by molar-refractivity contribution is 7.10. The van der Waals surface area contributed by atoms with E-state index in [0.29, 0.717) is 6.54 Å². The first-order valence-corrected chi connectivity index (χ1v) is 9.42. The minimum atomic E-state index is -0.581. The number of carbonyl (C=O) groups excluding carboxylic acids is 1. The van der Waals surface area contributed by atoms with Gasteiger partial charge in [-0.2, -0.15) is 0 Å². The molecule has 0 spiro atoms. The number of nitrogens with one attached hydrogen (secondary N) is 2. The number of halogens is 1. The highest BCUT2D eigenvalue weighted by Gasteiger charge is 2.28. The molecule has 0 aliphatic carbocycles. The highest BCUT2D eigenvalue weighted by atomic mass is 35.5. The van der Waals surface area contributed by atoms with Gasteiger partial charge in [0, 0.05) is 24.5 Å². The maximum atomic E-state index is 12.4. The molecule has 1 aliphatic rings. The molecule has 1 saturated heterocycles. The van der Waals surface area contributed by atoms with Crippen LogP contribution in [-0.2, 0) is 0 Å². The number of carbonyl (C=O) groups is 1. The summed E-state index contributed by atoms with van der Waals surface area (Å²) in [6.45, 7) is 2.71. The maximum Gasteiger partial charge on any atom is 0.288 e. The number of thiophene rings is 1. The molecule has 0 unspecified atom stereocenters. The first-order valence-electron chi connectivity index (χ1n) is 8.16. The lowest BCUT2D eigenvalue weighted by Gasteiger charge is -2.24. The molecule has 1 aromatic heterocycles. The summed E-state index contributed by atoms with van der Waals surface area (Å²) in [7, 11) is 0. The second-order valence-electron chi connectivity index (χ2n) is 6.07. The van der Waals surface area contributed by atoms with Crippen LogP contribution in [0.1, 0.15) is 34.1 Å². The Kier molecular flexibility index (Phi) is 5.67. The zero-order valence-corrected chi connectivity index (χ0v) is 15.1. The van der Waals surface area contributed by atoms with E-state index in [9.17, 15) is 14.9 Å². The van der Waals surface area contributed by atoms with Crippen LogP contribution in [0.5, 0.6) is 0 Å². The van der Waals surface area contributed by atoms with Gasteiger partial charge in [0.2, 0.25) is 0 Å². The van der Waals surface area contributed by atoms with Gasteiger partial charge in [0.05, 0.1) is 29.4 Å². The first kappa shape index (κ1) is 17.8. The normalized spacial score (nSPS) is 15.9. The molecule has 0 radical (unpaired) electrons. The molecular weight excluding hydrogens is 362 g/mol. The van der Waals surface area contributed by atoms with Crippen LogP contribution in [-0.4, -0.2) is 30.5 Å². The molecular formula is C17H19ClN3O3S+. The summed E-state index contributed by atoms with van der Waals surface area (Å²) in [6, 6.07) is 8.45. The molecule has 6 nitrogen and oxygen atoms in total. The van der Waals surface area contributed by atoms with Crippen LogP contribution >= 0.6 is 22.9 Å². The quantitative estimate of drug-likeness (QED) is 0.597. The Morgan fingerprint density at radius 1 is 1.36 bits per heavy atom. The van der Waals surface area contributed by atoms with Gasteiger partial charge in [-0.25, -0.2) is 0 Å². The van der Waals surface area contributed by atoms with Crippen molar-refractivity contribution in [3.8, 4) is 0 Å². The van der Waals surface area contributed by atoms with E-state index in [2.05, 4.69) is 11.4 Å².